The predicted octanol–water partition coefficient (Wildman–Crippen LogP) is 2.06. The van der Waals surface area contributed by atoms with E-state index in [-0.39, 0.29) is 11.7 Å². The molecule has 1 aromatic heterocycles. The SMILES string of the molecule is COc1ccc(-c2nnc(SCC(=O)NC(=O)NCC(C)C)n2C)cc1. The van der Waals surface area contributed by atoms with Crippen molar-refractivity contribution >= 4 is 23.7 Å². The lowest BCUT2D eigenvalue weighted by Gasteiger charge is -2.08. The molecule has 0 fully saturated rings. The van der Waals surface area contributed by atoms with Crippen LogP contribution in [0.5, 0.6) is 5.75 Å². The number of imide groups is 1. The highest BCUT2D eigenvalue weighted by Crippen LogP contribution is 2.24. The average molecular weight is 377 g/mol. The summed E-state index contributed by atoms with van der Waals surface area (Å²) in [6.07, 6.45) is 0. The summed E-state index contributed by atoms with van der Waals surface area (Å²) < 4.78 is 6.95. The van der Waals surface area contributed by atoms with Gasteiger partial charge in [0, 0.05) is 19.2 Å². The number of hydrogen-bond donors (Lipinski definition) is 2. The summed E-state index contributed by atoms with van der Waals surface area (Å²) in [5.41, 5.74) is 0.894. The summed E-state index contributed by atoms with van der Waals surface area (Å²) in [5.74, 6) is 1.46. The third-order valence-electron chi connectivity index (χ3n) is 3.44. The van der Waals surface area contributed by atoms with Gasteiger partial charge in [-0.25, -0.2) is 4.79 Å². The molecule has 8 nitrogen and oxygen atoms in total. The molecule has 1 heterocycles. The molecule has 0 saturated carbocycles. The first-order chi connectivity index (χ1) is 12.4. The minimum atomic E-state index is -0.485. The number of aromatic nitrogens is 3. The van der Waals surface area contributed by atoms with E-state index in [0.29, 0.717) is 23.4 Å². The molecule has 0 radical (unpaired) electrons. The van der Waals surface area contributed by atoms with E-state index in [1.54, 1.807) is 11.7 Å². The average Bonchev–Trinajstić information content (AvgIpc) is 2.99. The molecule has 0 saturated heterocycles. The van der Waals surface area contributed by atoms with Crippen molar-refractivity contribution in [2.75, 3.05) is 19.4 Å². The Morgan fingerprint density at radius 2 is 1.92 bits per heavy atom. The Hall–Kier alpha value is -2.55. The van der Waals surface area contributed by atoms with Crippen molar-refractivity contribution in [2.24, 2.45) is 13.0 Å². The fourth-order valence-electron chi connectivity index (χ4n) is 2.07. The lowest BCUT2D eigenvalue weighted by molar-refractivity contribution is -0.117. The zero-order valence-electron chi connectivity index (χ0n) is 15.3. The number of urea groups is 1. The molecule has 1 aromatic carbocycles. The first-order valence-electron chi connectivity index (χ1n) is 8.15. The van der Waals surface area contributed by atoms with Gasteiger partial charge in [0.05, 0.1) is 12.9 Å². The Morgan fingerprint density at radius 1 is 1.23 bits per heavy atom. The molecule has 140 valence electrons. The van der Waals surface area contributed by atoms with Gasteiger partial charge < -0.3 is 14.6 Å². The number of benzene rings is 1. The standard InChI is InChI=1S/C17H23N5O3S/c1-11(2)9-18-16(24)19-14(23)10-26-17-21-20-15(22(17)3)12-5-7-13(25-4)8-6-12/h5-8,11H,9-10H2,1-4H3,(H2,18,19,23,24). The molecular formula is C17H23N5O3S. The maximum absolute atomic E-state index is 11.9. The lowest BCUT2D eigenvalue weighted by Crippen LogP contribution is -2.41. The molecule has 26 heavy (non-hydrogen) atoms. The molecule has 0 aliphatic heterocycles. The number of methoxy groups -OCH3 is 1. The molecule has 0 aliphatic carbocycles. The van der Waals surface area contributed by atoms with Gasteiger partial charge in [-0.3, -0.25) is 10.1 Å². The fourth-order valence-corrected chi connectivity index (χ4v) is 2.78. The van der Waals surface area contributed by atoms with E-state index in [4.69, 9.17) is 4.74 Å². The van der Waals surface area contributed by atoms with Gasteiger partial charge in [-0.15, -0.1) is 10.2 Å². The summed E-state index contributed by atoms with van der Waals surface area (Å²) in [4.78, 5) is 23.4. The summed E-state index contributed by atoms with van der Waals surface area (Å²) in [5, 5.41) is 13.8. The zero-order valence-corrected chi connectivity index (χ0v) is 16.1. The summed E-state index contributed by atoms with van der Waals surface area (Å²) in [6, 6.07) is 6.99. The first kappa shape index (κ1) is 19.8. The Balaban J connectivity index is 1.91. The number of thioether (sulfide) groups is 1. The van der Waals surface area contributed by atoms with E-state index < -0.39 is 6.03 Å². The normalized spacial score (nSPS) is 10.7. The Kier molecular flexibility index (Phi) is 7.02. The van der Waals surface area contributed by atoms with E-state index >= 15 is 0 Å². The molecule has 2 N–H and O–H groups in total. The number of amides is 3. The van der Waals surface area contributed by atoms with Crippen LogP contribution in [0.25, 0.3) is 11.4 Å². The number of carbonyl (C=O) groups excluding carboxylic acids is 2. The van der Waals surface area contributed by atoms with Crippen molar-refractivity contribution in [1.29, 1.82) is 0 Å². The molecule has 2 aromatic rings. The molecule has 0 bridgehead atoms. The van der Waals surface area contributed by atoms with Gasteiger partial charge in [0.1, 0.15) is 5.75 Å². The quantitative estimate of drug-likeness (QED) is 0.717. The van der Waals surface area contributed by atoms with Crippen molar-refractivity contribution in [2.45, 2.75) is 19.0 Å². The minimum absolute atomic E-state index is 0.0731. The van der Waals surface area contributed by atoms with Crippen LogP contribution in [0.3, 0.4) is 0 Å². The van der Waals surface area contributed by atoms with E-state index in [1.807, 2.05) is 45.2 Å². The summed E-state index contributed by atoms with van der Waals surface area (Å²) in [7, 11) is 3.44. The highest BCUT2D eigenvalue weighted by Gasteiger charge is 2.14. The fraction of sp³-hybridized carbons (Fsp3) is 0.412. The van der Waals surface area contributed by atoms with Crippen LogP contribution in [0.15, 0.2) is 29.4 Å². The van der Waals surface area contributed by atoms with Gasteiger partial charge in [-0.2, -0.15) is 0 Å². The predicted molar refractivity (Wildman–Crippen MR) is 100 cm³/mol. The maximum Gasteiger partial charge on any atom is 0.321 e. The van der Waals surface area contributed by atoms with E-state index in [2.05, 4.69) is 20.8 Å². The Labute approximate surface area is 156 Å². The summed E-state index contributed by atoms with van der Waals surface area (Å²) in [6.45, 7) is 4.47. The molecule has 2 rings (SSSR count). The largest absolute Gasteiger partial charge is 0.497 e. The first-order valence-corrected chi connectivity index (χ1v) is 9.13. The number of nitrogens with one attached hydrogen (secondary N) is 2. The lowest BCUT2D eigenvalue weighted by atomic mass is 10.2. The van der Waals surface area contributed by atoms with Crippen LogP contribution in [0.2, 0.25) is 0 Å². The second-order valence-electron chi connectivity index (χ2n) is 6.03. The molecule has 9 heteroatoms. The molecule has 0 spiro atoms. The van der Waals surface area contributed by atoms with Crippen molar-refractivity contribution < 1.29 is 14.3 Å². The second kappa shape index (κ2) is 9.23. The van der Waals surface area contributed by atoms with Crippen molar-refractivity contribution in [1.82, 2.24) is 25.4 Å². The van der Waals surface area contributed by atoms with Gasteiger partial charge in [-0.05, 0) is 30.2 Å². The van der Waals surface area contributed by atoms with E-state index in [9.17, 15) is 9.59 Å². The highest BCUT2D eigenvalue weighted by atomic mass is 32.2. The molecule has 0 aliphatic rings. The highest BCUT2D eigenvalue weighted by molar-refractivity contribution is 7.99. The number of carbonyl (C=O) groups is 2. The zero-order chi connectivity index (χ0) is 19.1. The monoisotopic (exact) mass is 377 g/mol. The van der Waals surface area contributed by atoms with Crippen LogP contribution in [0.4, 0.5) is 4.79 Å². The van der Waals surface area contributed by atoms with Gasteiger partial charge in [0.25, 0.3) is 0 Å². The van der Waals surface area contributed by atoms with Crippen LogP contribution in [-0.4, -0.2) is 46.1 Å². The smallest absolute Gasteiger partial charge is 0.321 e. The van der Waals surface area contributed by atoms with Crippen LogP contribution in [0, 0.1) is 5.92 Å². The third-order valence-corrected chi connectivity index (χ3v) is 4.46. The summed E-state index contributed by atoms with van der Waals surface area (Å²) >= 11 is 1.22. The van der Waals surface area contributed by atoms with Crippen molar-refractivity contribution in [3.8, 4) is 17.1 Å². The number of nitrogens with zero attached hydrogens (tertiary/aromatic N) is 3. The third kappa shape index (κ3) is 5.48. The Bertz CT molecular complexity index is 758. The van der Waals surface area contributed by atoms with Crippen molar-refractivity contribution in [3.05, 3.63) is 24.3 Å². The molecule has 0 unspecified atom stereocenters. The molecule has 3 amide bonds. The van der Waals surface area contributed by atoms with Gasteiger partial charge in [0.2, 0.25) is 5.91 Å². The van der Waals surface area contributed by atoms with Gasteiger partial charge in [-0.1, -0.05) is 25.6 Å². The minimum Gasteiger partial charge on any atom is -0.497 e. The van der Waals surface area contributed by atoms with Gasteiger partial charge in [0.15, 0.2) is 11.0 Å². The van der Waals surface area contributed by atoms with Crippen molar-refractivity contribution in [3.63, 3.8) is 0 Å². The van der Waals surface area contributed by atoms with Crippen LogP contribution in [0.1, 0.15) is 13.8 Å². The van der Waals surface area contributed by atoms with Crippen LogP contribution < -0.4 is 15.4 Å². The van der Waals surface area contributed by atoms with Gasteiger partial charge >= 0.3 is 6.03 Å². The molecule has 0 atom stereocenters. The van der Waals surface area contributed by atoms with E-state index in [0.717, 1.165) is 11.3 Å². The number of hydrogen-bond acceptors (Lipinski definition) is 6. The van der Waals surface area contributed by atoms with Crippen LogP contribution in [-0.2, 0) is 11.8 Å². The van der Waals surface area contributed by atoms with E-state index in [1.165, 1.54) is 11.8 Å². The van der Waals surface area contributed by atoms with Crippen LogP contribution >= 0.6 is 11.8 Å². The number of ether oxygens (including phenoxy) is 1. The Morgan fingerprint density at radius 3 is 2.54 bits per heavy atom. The molecular weight excluding hydrogens is 354 g/mol. The number of rotatable bonds is 7. The topological polar surface area (TPSA) is 98.1 Å². The second-order valence-corrected chi connectivity index (χ2v) is 6.98. The maximum atomic E-state index is 11.9.